The first kappa shape index (κ1) is 23.8. The maximum absolute atomic E-state index is 13.0. The van der Waals surface area contributed by atoms with Crippen molar-refractivity contribution in [2.24, 2.45) is 0 Å². The summed E-state index contributed by atoms with van der Waals surface area (Å²) in [5.41, 5.74) is 0.538. The van der Waals surface area contributed by atoms with Crippen LogP contribution < -0.4 is 14.8 Å². The molecule has 0 spiro atoms. The first-order valence-corrected chi connectivity index (χ1v) is 11.7. The molecule has 3 aromatic rings. The van der Waals surface area contributed by atoms with Gasteiger partial charge in [0, 0.05) is 5.69 Å². The van der Waals surface area contributed by atoms with E-state index in [1.807, 2.05) is 0 Å². The molecular formula is C22H19Cl2FN2O4S. The first-order chi connectivity index (χ1) is 15.2. The summed E-state index contributed by atoms with van der Waals surface area (Å²) in [4.78, 5) is 12.5. The molecule has 6 nitrogen and oxygen atoms in total. The van der Waals surface area contributed by atoms with E-state index in [1.54, 1.807) is 19.1 Å². The van der Waals surface area contributed by atoms with Gasteiger partial charge >= 0.3 is 0 Å². The predicted octanol–water partition coefficient (Wildman–Crippen LogP) is 5.73. The lowest BCUT2D eigenvalue weighted by atomic mass is 10.2. The SMILES string of the molecule is CC[C@H](Oc1ccc(F)cc1)C(=O)Nc1ccc(S(=O)(=O)Nc2cccc(Cl)c2Cl)cc1. The predicted molar refractivity (Wildman–Crippen MR) is 123 cm³/mol. The summed E-state index contributed by atoms with van der Waals surface area (Å²) in [7, 11) is -3.92. The highest BCUT2D eigenvalue weighted by molar-refractivity contribution is 7.92. The fraction of sp³-hybridized carbons (Fsp3) is 0.136. The van der Waals surface area contributed by atoms with Crippen LogP contribution in [0.3, 0.4) is 0 Å². The number of halogens is 3. The zero-order valence-electron chi connectivity index (χ0n) is 16.8. The van der Waals surface area contributed by atoms with Gasteiger partial charge in [-0.05, 0) is 67.1 Å². The normalized spacial score (nSPS) is 12.1. The van der Waals surface area contributed by atoms with Crippen LogP contribution in [0.1, 0.15) is 13.3 Å². The number of amides is 1. The highest BCUT2D eigenvalue weighted by atomic mass is 35.5. The van der Waals surface area contributed by atoms with Crippen LogP contribution in [0.5, 0.6) is 5.75 Å². The number of hydrogen-bond acceptors (Lipinski definition) is 4. The zero-order chi connectivity index (χ0) is 23.3. The lowest BCUT2D eigenvalue weighted by Crippen LogP contribution is -2.32. The Balaban J connectivity index is 1.68. The Hall–Kier alpha value is -2.81. The smallest absolute Gasteiger partial charge is 0.265 e. The first-order valence-electron chi connectivity index (χ1n) is 9.49. The molecule has 0 bridgehead atoms. The van der Waals surface area contributed by atoms with Gasteiger partial charge in [0.15, 0.2) is 6.10 Å². The standard InChI is InChI=1S/C22H19Cl2FN2O4S/c1-2-20(31-16-10-6-14(25)7-11-16)22(28)26-15-8-12-17(13-9-15)32(29,30)27-19-5-3-4-18(23)21(19)24/h3-13,20,27H,2H2,1H3,(H,26,28)/t20-/m0/s1. The molecule has 0 fully saturated rings. The number of rotatable bonds is 8. The molecule has 0 radical (unpaired) electrons. The molecule has 32 heavy (non-hydrogen) atoms. The quantitative estimate of drug-likeness (QED) is 0.417. The molecule has 0 saturated heterocycles. The number of anilines is 2. The van der Waals surface area contributed by atoms with Gasteiger partial charge in [-0.1, -0.05) is 36.2 Å². The van der Waals surface area contributed by atoms with Gasteiger partial charge in [0.25, 0.3) is 15.9 Å². The fourth-order valence-corrected chi connectivity index (χ4v) is 4.20. The van der Waals surface area contributed by atoms with E-state index in [-0.39, 0.29) is 20.6 Å². The van der Waals surface area contributed by atoms with E-state index in [0.29, 0.717) is 17.9 Å². The number of hydrogen-bond donors (Lipinski definition) is 2. The van der Waals surface area contributed by atoms with Crippen molar-refractivity contribution in [2.45, 2.75) is 24.3 Å². The van der Waals surface area contributed by atoms with Crippen LogP contribution in [0, 0.1) is 5.82 Å². The summed E-state index contributed by atoms with van der Waals surface area (Å²) < 4.78 is 46.3. The van der Waals surface area contributed by atoms with Gasteiger partial charge in [0.1, 0.15) is 11.6 Å². The van der Waals surface area contributed by atoms with Gasteiger partial charge in [-0.2, -0.15) is 0 Å². The molecule has 1 amide bonds. The molecule has 168 valence electrons. The molecule has 0 unspecified atom stereocenters. The number of benzene rings is 3. The molecule has 3 aromatic carbocycles. The third-order valence-corrected chi connectivity index (χ3v) is 6.58. The summed E-state index contributed by atoms with van der Waals surface area (Å²) in [6.07, 6.45) is -0.435. The van der Waals surface area contributed by atoms with E-state index >= 15 is 0 Å². The molecule has 2 N–H and O–H groups in total. The maximum Gasteiger partial charge on any atom is 0.265 e. The number of sulfonamides is 1. The third-order valence-electron chi connectivity index (χ3n) is 4.38. The number of carbonyl (C=O) groups is 1. The van der Waals surface area contributed by atoms with Crippen molar-refractivity contribution in [2.75, 3.05) is 10.0 Å². The highest BCUT2D eigenvalue weighted by Gasteiger charge is 2.20. The average Bonchev–Trinajstić information content (AvgIpc) is 2.76. The molecule has 0 aliphatic carbocycles. The van der Waals surface area contributed by atoms with Crippen LogP contribution in [0.15, 0.2) is 71.6 Å². The van der Waals surface area contributed by atoms with E-state index in [2.05, 4.69) is 10.0 Å². The molecule has 3 rings (SSSR count). The largest absolute Gasteiger partial charge is 0.481 e. The van der Waals surface area contributed by atoms with Crippen molar-refractivity contribution < 1.29 is 22.3 Å². The summed E-state index contributed by atoms with van der Waals surface area (Å²) >= 11 is 12.0. The fourth-order valence-electron chi connectivity index (χ4n) is 2.73. The minimum Gasteiger partial charge on any atom is -0.481 e. The second kappa shape index (κ2) is 10.2. The number of carbonyl (C=O) groups excluding carboxylic acids is 1. The summed E-state index contributed by atoms with van der Waals surface area (Å²) in [6, 6.07) is 15.6. The second-order valence-corrected chi connectivity index (χ2v) is 9.16. The molecule has 0 aromatic heterocycles. The molecule has 0 aliphatic rings. The van der Waals surface area contributed by atoms with Crippen molar-refractivity contribution in [3.05, 3.63) is 82.6 Å². The lowest BCUT2D eigenvalue weighted by molar-refractivity contribution is -0.122. The van der Waals surface area contributed by atoms with Crippen LogP contribution in [0.25, 0.3) is 0 Å². The Labute approximate surface area is 195 Å². The Bertz CT molecular complexity index is 1200. The molecule has 10 heteroatoms. The Morgan fingerprint density at radius 2 is 1.69 bits per heavy atom. The molecule has 0 heterocycles. The van der Waals surface area contributed by atoms with E-state index in [4.69, 9.17) is 27.9 Å². The van der Waals surface area contributed by atoms with Gasteiger partial charge in [0.05, 0.1) is 20.6 Å². The lowest BCUT2D eigenvalue weighted by Gasteiger charge is -2.17. The minimum atomic E-state index is -3.92. The second-order valence-electron chi connectivity index (χ2n) is 6.69. The summed E-state index contributed by atoms with van der Waals surface area (Å²) in [5, 5.41) is 2.99. The van der Waals surface area contributed by atoms with E-state index in [9.17, 15) is 17.6 Å². The minimum absolute atomic E-state index is 0.0267. The molecule has 1 atom stereocenters. The van der Waals surface area contributed by atoms with Crippen molar-refractivity contribution >= 4 is 50.5 Å². The van der Waals surface area contributed by atoms with Crippen LogP contribution in [-0.2, 0) is 14.8 Å². The summed E-state index contributed by atoms with van der Waals surface area (Å²) in [6.45, 7) is 1.77. The van der Waals surface area contributed by atoms with Crippen LogP contribution in [-0.4, -0.2) is 20.4 Å². The van der Waals surface area contributed by atoms with Crippen molar-refractivity contribution in [1.82, 2.24) is 0 Å². The zero-order valence-corrected chi connectivity index (χ0v) is 19.1. The van der Waals surface area contributed by atoms with Crippen LogP contribution in [0.2, 0.25) is 10.0 Å². The molecule has 0 saturated carbocycles. The van der Waals surface area contributed by atoms with E-state index in [0.717, 1.165) is 0 Å². The van der Waals surface area contributed by atoms with Gasteiger partial charge < -0.3 is 10.1 Å². The third kappa shape index (κ3) is 5.91. The van der Waals surface area contributed by atoms with Crippen LogP contribution in [0.4, 0.5) is 15.8 Å². The van der Waals surface area contributed by atoms with Gasteiger partial charge in [-0.3, -0.25) is 9.52 Å². The Morgan fingerprint density at radius 1 is 1.03 bits per heavy atom. The van der Waals surface area contributed by atoms with Crippen molar-refractivity contribution in [1.29, 1.82) is 0 Å². The topological polar surface area (TPSA) is 84.5 Å². The highest BCUT2D eigenvalue weighted by Crippen LogP contribution is 2.31. The number of ether oxygens (including phenoxy) is 1. The monoisotopic (exact) mass is 496 g/mol. The summed E-state index contributed by atoms with van der Waals surface area (Å²) in [5.74, 6) is -0.464. The Kier molecular flexibility index (Phi) is 7.60. The van der Waals surface area contributed by atoms with Crippen LogP contribution >= 0.6 is 23.2 Å². The van der Waals surface area contributed by atoms with Gasteiger partial charge in [-0.15, -0.1) is 0 Å². The van der Waals surface area contributed by atoms with E-state index < -0.39 is 27.9 Å². The van der Waals surface area contributed by atoms with E-state index in [1.165, 1.54) is 54.6 Å². The Morgan fingerprint density at radius 3 is 2.31 bits per heavy atom. The molecular weight excluding hydrogens is 478 g/mol. The van der Waals surface area contributed by atoms with Gasteiger partial charge in [0.2, 0.25) is 0 Å². The number of nitrogens with one attached hydrogen (secondary N) is 2. The maximum atomic E-state index is 13.0. The van der Waals surface area contributed by atoms with Crippen molar-refractivity contribution in [3.8, 4) is 5.75 Å². The molecule has 0 aliphatic heterocycles. The van der Waals surface area contributed by atoms with Crippen molar-refractivity contribution in [3.63, 3.8) is 0 Å². The van der Waals surface area contributed by atoms with Gasteiger partial charge in [-0.25, -0.2) is 12.8 Å². The average molecular weight is 497 g/mol.